The lowest BCUT2D eigenvalue weighted by molar-refractivity contribution is 0.576. The fraction of sp³-hybridized carbons (Fsp3) is 0.250. The Balaban J connectivity index is 1.42. The van der Waals surface area contributed by atoms with E-state index in [4.69, 9.17) is 0 Å². The molecule has 0 amide bonds. The monoisotopic (exact) mass is 424 g/mol. The van der Waals surface area contributed by atoms with Gasteiger partial charge >= 0.3 is 0 Å². The molecule has 4 aromatic rings. The van der Waals surface area contributed by atoms with Gasteiger partial charge in [0.2, 0.25) is 5.16 Å². The summed E-state index contributed by atoms with van der Waals surface area (Å²) in [6.45, 7) is 1.84. The van der Waals surface area contributed by atoms with Crippen LogP contribution in [-0.4, -0.2) is 47.5 Å². The van der Waals surface area contributed by atoms with Crippen LogP contribution in [0.3, 0.4) is 0 Å². The first-order valence-electron chi connectivity index (χ1n) is 9.49. The molecule has 0 unspecified atom stereocenters. The van der Waals surface area contributed by atoms with E-state index in [9.17, 15) is 4.39 Å². The summed E-state index contributed by atoms with van der Waals surface area (Å²) in [6, 6.07) is 16.4. The number of thioether (sulfide) groups is 1. The van der Waals surface area contributed by atoms with Gasteiger partial charge in [0.15, 0.2) is 0 Å². The molecule has 0 fully saturated rings. The van der Waals surface area contributed by atoms with Crippen molar-refractivity contribution in [3.63, 3.8) is 0 Å². The molecule has 0 saturated heterocycles. The van der Waals surface area contributed by atoms with Gasteiger partial charge in [-0.3, -0.25) is 0 Å². The molecule has 30 heavy (non-hydrogen) atoms. The highest BCUT2D eigenvalue weighted by atomic mass is 32.2. The van der Waals surface area contributed by atoms with E-state index in [1.165, 1.54) is 12.1 Å². The molecule has 0 bridgehead atoms. The second-order valence-electron chi connectivity index (χ2n) is 6.63. The van der Waals surface area contributed by atoms with E-state index >= 15 is 0 Å². The Kier molecular flexibility index (Phi) is 6.45. The smallest absolute Gasteiger partial charge is 0.209 e. The van der Waals surface area contributed by atoms with Crippen LogP contribution in [0.2, 0.25) is 0 Å². The quantitative estimate of drug-likeness (QED) is 0.326. The second-order valence-corrected chi connectivity index (χ2v) is 7.69. The van der Waals surface area contributed by atoms with Crippen molar-refractivity contribution in [2.75, 3.05) is 12.3 Å². The normalized spacial score (nSPS) is 11.1. The summed E-state index contributed by atoms with van der Waals surface area (Å²) in [4.78, 5) is 1.66. The van der Waals surface area contributed by atoms with Crippen molar-refractivity contribution in [2.45, 2.75) is 18.2 Å². The lowest BCUT2D eigenvalue weighted by atomic mass is 10.1. The third kappa shape index (κ3) is 5.08. The molecule has 2 heterocycles. The number of aryl methyl sites for hydroxylation is 1. The molecule has 4 rings (SSSR count). The van der Waals surface area contributed by atoms with E-state index < -0.39 is 0 Å². The Labute approximate surface area is 177 Å². The van der Waals surface area contributed by atoms with Gasteiger partial charge in [-0.05, 0) is 28.1 Å². The molecule has 0 radical (unpaired) electrons. The van der Waals surface area contributed by atoms with Crippen LogP contribution >= 0.6 is 11.8 Å². The summed E-state index contributed by atoms with van der Waals surface area (Å²) in [5.41, 5.74) is 3.67. The number of nitrogens with zero attached hydrogens (tertiary/aromatic N) is 7. The van der Waals surface area contributed by atoms with E-state index in [1.54, 1.807) is 33.4 Å². The third-order valence-corrected chi connectivity index (χ3v) is 5.41. The van der Waals surface area contributed by atoms with Gasteiger partial charge in [-0.2, -0.15) is 15.0 Å². The van der Waals surface area contributed by atoms with Crippen molar-refractivity contribution in [2.24, 2.45) is 7.05 Å². The van der Waals surface area contributed by atoms with Gasteiger partial charge in [-0.15, -0.1) is 5.10 Å². The Bertz CT molecular complexity index is 1080. The highest BCUT2D eigenvalue weighted by Crippen LogP contribution is 2.20. The maximum atomic E-state index is 13.2. The summed E-state index contributed by atoms with van der Waals surface area (Å²) in [5.74, 6) is 0.579. The summed E-state index contributed by atoms with van der Waals surface area (Å²) < 4.78 is 14.8. The largest absolute Gasteiger partial charge is 0.310 e. The molecule has 0 aliphatic heterocycles. The SMILES string of the molecule is Cn1nnnc1SCCNCc1nn(Cc2ccc(F)cc2)nc1-c1ccccc1. The summed E-state index contributed by atoms with van der Waals surface area (Å²) >= 11 is 1.59. The zero-order chi connectivity index (χ0) is 20.8. The molecular formula is C20H21FN8S. The van der Waals surface area contributed by atoms with Gasteiger partial charge in [0.05, 0.1) is 6.54 Å². The van der Waals surface area contributed by atoms with Crippen molar-refractivity contribution < 1.29 is 4.39 Å². The standard InChI is InChI=1S/C20H21FN8S/c1-28-20(23-26-27-28)30-12-11-22-13-18-19(16-5-3-2-4-6-16)25-29(24-18)14-15-7-9-17(21)10-8-15/h2-10,22H,11-14H2,1H3. The molecule has 10 heteroatoms. The zero-order valence-corrected chi connectivity index (χ0v) is 17.3. The lowest BCUT2D eigenvalue weighted by Crippen LogP contribution is -2.18. The molecule has 0 aliphatic rings. The Hall–Kier alpha value is -3.11. The molecule has 0 spiro atoms. The number of hydrogen-bond acceptors (Lipinski definition) is 7. The van der Waals surface area contributed by atoms with E-state index in [2.05, 4.69) is 31.0 Å². The van der Waals surface area contributed by atoms with Crippen molar-refractivity contribution in [3.8, 4) is 11.3 Å². The summed E-state index contributed by atoms with van der Waals surface area (Å²) in [6.07, 6.45) is 0. The molecule has 2 aromatic heterocycles. The third-order valence-electron chi connectivity index (χ3n) is 4.39. The number of benzene rings is 2. The predicted octanol–water partition coefficient (Wildman–Crippen LogP) is 2.54. The Morgan fingerprint density at radius 2 is 1.83 bits per heavy atom. The first-order chi connectivity index (χ1) is 14.7. The van der Waals surface area contributed by atoms with E-state index in [0.717, 1.165) is 40.0 Å². The highest BCUT2D eigenvalue weighted by Gasteiger charge is 2.13. The van der Waals surface area contributed by atoms with Crippen LogP contribution in [-0.2, 0) is 20.1 Å². The minimum atomic E-state index is -0.253. The molecule has 8 nitrogen and oxygen atoms in total. The minimum Gasteiger partial charge on any atom is -0.310 e. The molecule has 154 valence electrons. The van der Waals surface area contributed by atoms with Crippen LogP contribution in [0.4, 0.5) is 4.39 Å². The van der Waals surface area contributed by atoms with Crippen LogP contribution in [0, 0.1) is 5.82 Å². The summed E-state index contributed by atoms with van der Waals surface area (Å²) in [5, 5.41) is 25.0. The van der Waals surface area contributed by atoms with E-state index in [0.29, 0.717) is 13.1 Å². The molecule has 0 saturated carbocycles. The van der Waals surface area contributed by atoms with Gasteiger partial charge in [-0.25, -0.2) is 9.07 Å². The first kappa shape index (κ1) is 20.2. The first-order valence-corrected chi connectivity index (χ1v) is 10.5. The van der Waals surface area contributed by atoms with Gasteiger partial charge in [0.25, 0.3) is 0 Å². The van der Waals surface area contributed by atoms with Gasteiger partial charge in [0.1, 0.15) is 17.2 Å². The summed E-state index contributed by atoms with van der Waals surface area (Å²) in [7, 11) is 1.82. The van der Waals surface area contributed by atoms with Gasteiger partial charge in [-0.1, -0.05) is 54.2 Å². The number of aromatic nitrogens is 7. The number of hydrogen-bond donors (Lipinski definition) is 1. The van der Waals surface area contributed by atoms with E-state index in [1.807, 2.05) is 37.4 Å². The van der Waals surface area contributed by atoms with Gasteiger partial charge < -0.3 is 5.32 Å². The van der Waals surface area contributed by atoms with Crippen molar-refractivity contribution in [1.29, 1.82) is 0 Å². The van der Waals surface area contributed by atoms with Crippen LogP contribution in [0.5, 0.6) is 0 Å². The number of nitrogens with one attached hydrogen (secondary N) is 1. The molecule has 2 aromatic carbocycles. The van der Waals surface area contributed by atoms with E-state index in [-0.39, 0.29) is 5.82 Å². The van der Waals surface area contributed by atoms with Crippen molar-refractivity contribution >= 4 is 11.8 Å². The molecular weight excluding hydrogens is 403 g/mol. The van der Waals surface area contributed by atoms with Crippen LogP contribution in [0.15, 0.2) is 59.8 Å². The molecule has 0 atom stereocenters. The van der Waals surface area contributed by atoms with Crippen LogP contribution < -0.4 is 5.32 Å². The topological polar surface area (TPSA) is 86.3 Å². The second kappa shape index (κ2) is 9.59. The predicted molar refractivity (Wildman–Crippen MR) is 112 cm³/mol. The van der Waals surface area contributed by atoms with Crippen LogP contribution in [0.25, 0.3) is 11.3 Å². The highest BCUT2D eigenvalue weighted by molar-refractivity contribution is 7.99. The fourth-order valence-electron chi connectivity index (χ4n) is 2.91. The molecule has 1 N–H and O–H groups in total. The minimum absolute atomic E-state index is 0.253. The lowest BCUT2D eigenvalue weighted by Gasteiger charge is -2.04. The maximum Gasteiger partial charge on any atom is 0.209 e. The Morgan fingerprint density at radius 1 is 1.03 bits per heavy atom. The fourth-order valence-corrected chi connectivity index (χ4v) is 3.66. The average molecular weight is 425 g/mol. The number of rotatable bonds is 9. The zero-order valence-electron chi connectivity index (χ0n) is 16.4. The van der Waals surface area contributed by atoms with Gasteiger partial charge in [0, 0.05) is 31.5 Å². The number of tetrazole rings is 1. The van der Waals surface area contributed by atoms with Crippen molar-refractivity contribution in [1.82, 2.24) is 40.5 Å². The van der Waals surface area contributed by atoms with Crippen molar-refractivity contribution in [3.05, 3.63) is 71.7 Å². The molecule has 0 aliphatic carbocycles. The van der Waals surface area contributed by atoms with Crippen LogP contribution in [0.1, 0.15) is 11.3 Å². The Morgan fingerprint density at radius 3 is 2.57 bits per heavy atom. The average Bonchev–Trinajstić information content (AvgIpc) is 3.36. The number of halogens is 1. The maximum absolute atomic E-state index is 13.2.